The monoisotopic (exact) mass is 683 g/mol. The van der Waals surface area contributed by atoms with Gasteiger partial charge in [-0.3, -0.25) is 0 Å². The van der Waals surface area contributed by atoms with E-state index in [0.717, 1.165) is 67.4 Å². The normalized spacial score (nSPS) is 15.9. The number of aliphatic imine (C=N–C) groups is 2. The first-order valence-corrected chi connectivity index (χ1v) is 18.6. The minimum absolute atomic E-state index is 0.335. The third-order valence-corrected chi connectivity index (χ3v) is 10.7. The quantitative estimate of drug-likeness (QED) is 0.190. The largest absolute Gasteiger partial charge is 0.455 e. The molecule has 0 amide bonds. The van der Waals surface area contributed by atoms with Crippen molar-refractivity contribution in [2.75, 3.05) is 0 Å². The molecule has 2 heterocycles. The van der Waals surface area contributed by atoms with Crippen molar-refractivity contribution in [1.82, 2.24) is 5.32 Å². The Bertz CT molecular complexity index is 2720. The van der Waals surface area contributed by atoms with Crippen LogP contribution in [0.4, 0.5) is 0 Å². The molecule has 1 aliphatic carbocycles. The first kappa shape index (κ1) is 31.2. The number of amidine groups is 2. The standard InChI is InChI=1S/C49H37N3O/c1-4-12-32(13-5-1)34-20-24-36(25-21-34)41-28-29-42(45-43-30-39-18-10-11-19-40(39)31-44(43)53-46(41)45)49-51-47(37-16-8-3-9-17-37)50-48(52-49)38-26-22-35(23-27-38)33-14-6-2-7-15-33/h2-3,6-12,14-31,48H,1,4-5,13H2,(H,50,51,52). The van der Waals surface area contributed by atoms with Crippen LogP contribution in [0.15, 0.2) is 178 Å². The van der Waals surface area contributed by atoms with Crippen molar-refractivity contribution >= 4 is 50.0 Å². The van der Waals surface area contributed by atoms with Crippen molar-refractivity contribution in [2.24, 2.45) is 9.98 Å². The third-order valence-electron chi connectivity index (χ3n) is 10.7. The number of nitrogens with zero attached hydrogens (tertiary/aromatic N) is 2. The van der Waals surface area contributed by atoms with Crippen LogP contribution in [-0.4, -0.2) is 11.7 Å². The topological polar surface area (TPSA) is 49.9 Å². The Morgan fingerprint density at radius 2 is 1.21 bits per heavy atom. The molecule has 0 spiro atoms. The van der Waals surface area contributed by atoms with Gasteiger partial charge in [-0.1, -0.05) is 140 Å². The number of hydrogen-bond donors (Lipinski definition) is 1. The molecule has 1 N–H and O–H groups in total. The summed E-state index contributed by atoms with van der Waals surface area (Å²) >= 11 is 0. The lowest BCUT2D eigenvalue weighted by atomic mass is 9.92. The van der Waals surface area contributed by atoms with Crippen LogP contribution in [0.3, 0.4) is 0 Å². The van der Waals surface area contributed by atoms with Crippen molar-refractivity contribution < 1.29 is 4.42 Å². The maximum atomic E-state index is 6.88. The average molecular weight is 684 g/mol. The number of allylic oxidation sites excluding steroid dienone is 2. The van der Waals surface area contributed by atoms with Crippen LogP contribution < -0.4 is 5.32 Å². The molecule has 0 fully saturated rings. The molecular formula is C49H37N3O. The van der Waals surface area contributed by atoms with Crippen molar-refractivity contribution in [3.8, 4) is 22.3 Å². The predicted molar refractivity (Wildman–Crippen MR) is 220 cm³/mol. The van der Waals surface area contributed by atoms with Gasteiger partial charge in [-0.2, -0.15) is 0 Å². The van der Waals surface area contributed by atoms with Gasteiger partial charge in [0.2, 0.25) is 0 Å². The van der Waals surface area contributed by atoms with Crippen LogP contribution in [0.25, 0.3) is 60.5 Å². The lowest BCUT2D eigenvalue weighted by molar-refractivity contribution is 0.669. The fraction of sp³-hybridized carbons (Fsp3) is 0.102. The second-order valence-electron chi connectivity index (χ2n) is 14.0. The molecule has 8 aromatic rings. The summed E-state index contributed by atoms with van der Waals surface area (Å²) in [5.74, 6) is 1.46. The molecule has 10 rings (SSSR count). The summed E-state index contributed by atoms with van der Waals surface area (Å²) in [5, 5.41) is 8.18. The second kappa shape index (κ2) is 13.2. The number of hydrogen-bond acceptors (Lipinski definition) is 4. The Morgan fingerprint density at radius 1 is 0.566 bits per heavy atom. The molecule has 0 saturated heterocycles. The van der Waals surface area contributed by atoms with Crippen molar-refractivity contribution in [1.29, 1.82) is 0 Å². The lowest BCUT2D eigenvalue weighted by Crippen LogP contribution is -2.33. The van der Waals surface area contributed by atoms with Crippen LogP contribution in [0, 0.1) is 0 Å². The van der Waals surface area contributed by atoms with E-state index in [4.69, 9.17) is 14.4 Å². The van der Waals surface area contributed by atoms with E-state index in [-0.39, 0.29) is 6.17 Å². The smallest absolute Gasteiger partial charge is 0.159 e. The number of rotatable bonds is 6. The molecule has 1 aromatic heterocycles. The van der Waals surface area contributed by atoms with Gasteiger partial charge in [-0.15, -0.1) is 0 Å². The zero-order valence-electron chi connectivity index (χ0n) is 29.3. The summed E-state index contributed by atoms with van der Waals surface area (Å²) in [4.78, 5) is 10.4. The summed E-state index contributed by atoms with van der Waals surface area (Å²) in [6.45, 7) is 0. The Labute approximate surface area is 308 Å². The highest BCUT2D eigenvalue weighted by molar-refractivity contribution is 6.24. The molecule has 7 aromatic carbocycles. The maximum absolute atomic E-state index is 6.88. The van der Waals surface area contributed by atoms with Crippen LogP contribution in [-0.2, 0) is 0 Å². The van der Waals surface area contributed by atoms with Crippen LogP contribution in [0.1, 0.15) is 54.1 Å². The van der Waals surface area contributed by atoms with E-state index in [2.05, 4.69) is 145 Å². The fourth-order valence-corrected chi connectivity index (χ4v) is 7.92. The molecule has 2 aliphatic rings. The van der Waals surface area contributed by atoms with Crippen LogP contribution >= 0.6 is 0 Å². The maximum Gasteiger partial charge on any atom is 0.159 e. The van der Waals surface area contributed by atoms with Crippen LogP contribution in [0.2, 0.25) is 0 Å². The molecule has 1 aliphatic heterocycles. The minimum Gasteiger partial charge on any atom is -0.455 e. The second-order valence-corrected chi connectivity index (χ2v) is 14.0. The molecule has 0 radical (unpaired) electrons. The Morgan fingerprint density at radius 3 is 1.94 bits per heavy atom. The van der Waals surface area contributed by atoms with Gasteiger partial charge in [0.1, 0.15) is 23.2 Å². The van der Waals surface area contributed by atoms with Gasteiger partial charge in [-0.05, 0) is 94.1 Å². The minimum atomic E-state index is -0.335. The highest BCUT2D eigenvalue weighted by Gasteiger charge is 2.25. The van der Waals surface area contributed by atoms with Crippen molar-refractivity contribution in [3.05, 3.63) is 186 Å². The molecular weight excluding hydrogens is 647 g/mol. The van der Waals surface area contributed by atoms with Gasteiger partial charge in [0.25, 0.3) is 0 Å². The first-order chi connectivity index (χ1) is 26.2. The highest BCUT2D eigenvalue weighted by atomic mass is 16.3. The van der Waals surface area contributed by atoms with Crippen molar-refractivity contribution in [3.63, 3.8) is 0 Å². The van der Waals surface area contributed by atoms with Gasteiger partial charge in [-0.25, -0.2) is 9.98 Å². The summed E-state index contributed by atoms with van der Waals surface area (Å²) in [5.41, 5.74) is 12.1. The molecule has 254 valence electrons. The lowest BCUT2D eigenvalue weighted by Gasteiger charge is -2.24. The molecule has 0 saturated carbocycles. The number of furan rings is 1. The van der Waals surface area contributed by atoms with Gasteiger partial charge in [0.15, 0.2) is 5.84 Å². The van der Waals surface area contributed by atoms with E-state index in [1.807, 2.05) is 24.3 Å². The number of benzene rings is 7. The van der Waals surface area contributed by atoms with E-state index in [0.29, 0.717) is 5.84 Å². The number of nitrogens with one attached hydrogen (secondary N) is 1. The third kappa shape index (κ3) is 5.83. The Hall–Kier alpha value is -6.52. The van der Waals surface area contributed by atoms with Crippen LogP contribution in [0.5, 0.6) is 0 Å². The number of fused-ring (bicyclic) bond motifs is 4. The SMILES string of the molecule is C1=C(c2ccc(-c3ccc(C4=NC(c5ccccc5)=NC(c5ccc(-c6ccccc6)cc5)N4)c4c3oc3cc5ccccc5cc34)cc2)CCCC1. The molecule has 4 nitrogen and oxygen atoms in total. The molecule has 1 atom stereocenters. The Balaban J connectivity index is 1.13. The fourth-order valence-electron chi connectivity index (χ4n) is 7.92. The van der Waals surface area contributed by atoms with Gasteiger partial charge in [0.05, 0.1) is 0 Å². The molecule has 4 heteroatoms. The average Bonchev–Trinajstić information content (AvgIpc) is 3.62. The summed E-state index contributed by atoms with van der Waals surface area (Å²) in [7, 11) is 0. The van der Waals surface area contributed by atoms with E-state index in [1.165, 1.54) is 46.9 Å². The molecule has 0 bridgehead atoms. The van der Waals surface area contributed by atoms with E-state index in [1.54, 1.807) is 0 Å². The molecule has 53 heavy (non-hydrogen) atoms. The van der Waals surface area contributed by atoms with E-state index < -0.39 is 0 Å². The Kier molecular flexibility index (Phi) is 7.79. The first-order valence-electron chi connectivity index (χ1n) is 18.6. The molecule has 1 unspecified atom stereocenters. The summed E-state index contributed by atoms with van der Waals surface area (Å²) < 4.78 is 6.88. The highest BCUT2D eigenvalue weighted by Crippen LogP contribution is 2.41. The zero-order valence-corrected chi connectivity index (χ0v) is 29.3. The van der Waals surface area contributed by atoms with Crippen molar-refractivity contribution in [2.45, 2.75) is 31.8 Å². The summed E-state index contributed by atoms with van der Waals surface area (Å²) in [6.07, 6.45) is 6.94. The predicted octanol–water partition coefficient (Wildman–Crippen LogP) is 12.5. The van der Waals surface area contributed by atoms with E-state index >= 15 is 0 Å². The summed E-state index contributed by atoms with van der Waals surface area (Å²) in [6, 6.07) is 55.7. The zero-order chi connectivity index (χ0) is 35.1. The van der Waals surface area contributed by atoms with Gasteiger partial charge < -0.3 is 9.73 Å². The van der Waals surface area contributed by atoms with Gasteiger partial charge in [0, 0.05) is 27.5 Å². The van der Waals surface area contributed by atoms with E-state index in [9.17, 15) is 0 Å². The van der Waals surface area contributed by atoms with Gasteiger partial charge >= 0.3 is 0 Å².